The average Bonchev–Trinajstić information content (AvgIpc) is 3.17. The molecule has 0 aliphatic carbocycles. The minimum absolute atomic E-state index is 0.0611. The van der Waals surface area contributed by atoms with Crippen LogP contribution in [0.3, 0.4) is 0 Å². The van der Waals surface area contributed by atoms with Crippen molar-refractivity contribution in [3.63, 3.8) is 0 Å². The Morgan fingerprint density at radius 3 is 2.57 bits per heavy atom. The molecule has 0 spiro atoms. The second-order valence-corrected chi connectivity index (χ2v) is 7.58. The Balaban J connectivity index is 1.51. The van der Waals surface area contributed by atoms with Gasteiger partial charge in [0.05, 0.1) is 5.92 Å². The molecule has 0 N–H and O–H groups in total. The molecule has 5 nitrogen and oxygen atoms in total. The summed E-state index contributed by atoms with van der Waals surface area (Å²) in [5.41, 5.74) is 1.13. The van der Waals surface area contributed by atoms with Crippen LogP contribution in [0.1, 0.15) is 35.0 Å². The largest absolute Gasteiger partial charge is 0.339 e. The molecule has 0 saturated carbocycles. The second-order valence-electron chi connectivity index (χ2n) is 6.71. The molecular formula is C20H16Cl2FN3O2. The quantitative estimate of drug-likeness (QED) is 0.584. The van der Waals surface area contributed by atoms with Crippen LogP contribution < -0.4 is 0 Å². The van der Waals surface area contributed by atoms with Crippen LogP contribution in [0.25, 0.3) is 11.4 Å². The summed E-state index contributed by atoms with van der Waals surface area (Å²) in [4.78, 5) is 19.0. The number of amides is 1. The highest BCUT2D eigenvalue weighted by molar-refractivity contribution is 6.35. The Bertz CT molecular complexity index is 987. The fourth-order valence-electron chi connectivity index (χ4n) is 3.34. The van der Waals surface area contributed by atoms with Crippen molar-refractivity contribution in [2.75, 3.05) is 13.1 Å². The zero-order valence-electron chi connectivity index (χ0n) is 14.7. The van der Waals surface area contributed by atoms with Crippen molar-refractivity contribution in [3.8, 4) is 11.4 Å². The molecule has 8 heteroatoms. The summed E-state index contributed by atoms with van der Waals surface area (Å²) in [5.74, 6) is 0.359. The summed E-state index contributed by atoms with van der Waals surface area (Å²) in [7, 11) is 0. The summed E-state index contributed by atoms with van der Waals surface area (Å²) in [6.07, 6.45) is 1.66. The number of rotatable bonds is 3. The zero-order valence-corrected chi connectivity index (χ0v) is 16.3. The lowest BCUT2D eigenvalue weighted by Crippen LogP contribution is -2.39. The third-order valence-corrected chi connectivity index (χ3v) is 5.15. The Hall–Kier alpha value is -2.44. The normalized spacial score (nSPS) is 17.0. The highest BCUT2D eigenvalue weighted by Gasteiger charge is 2.29. The topological polar surface area (TPSA) is 59.2 Å². The van der Waals surface area contributed by atoms with Gasteiger partial charge in [0.15, 0.2) is 0 Å². The summed E-state index contributed by atoms with van der Waals surface area (Å²) in [5, 5.41) is 4.84. The molecule has 1 aliphatic rings. The van der Waals surface area contributed by atoms with E-state index >= 15 is 0 Å². The van der Waals surface area contributed by atoms with Gasteiger partial charge >= 0.3 is 0 Å². The van der Waals surface area contributed by atoms with E-state index in [1.165, 1.54) is 12.1 Å². The number of halogens is 3. The molecule has 1 amide bonds. The lowest BCUT2D eigenvalue weighted by molar-refractivity contribution is 0.0695. The second kappa shape index (κ2) is 7.89. The zero-order chi connectivity index (χ0) is 19.7. The number of aromatic nitrogens is 2. The Labute approximate surface area is 171 Å². The van der Waals surface area contributed by atoms with E-state index in [0.29, 0.717) is 46.0 Å². The van der Waals surface area contributed by atoms with Gasteiger partial charge in [-0.05, 0) is 55.3 Å². The first-order chi connectivity index (χ1) is 13.5. The lowest BCUT2D eigenvalue weighted by atomic mass is 9.97. The van der Waals surface area contributed by atoms with E-state index in [-0.39, 0.29) is 17.6 Å². The van der Waals surface area contributed by atoms with Gasteiger partial charge in [-0.3, -0.25) is 4.79 Å². The molecule has 28 heavy (non-hydrogen) atoms. The molecule has 2 aromatic carbocycles. The van der Waals surface area contributed by atoms with Crippen LogP contribution in [0.15, 0.2) is 47.0 Å². The number of nitrogens with zero attached hydrogens (tertiary/aromatic N) is 3. The van der Waals surface area contributed by atoms with Crippen molar-refractivity contribution in [1.82, 2.24) is 15.0 Å². The maximum atomic E-state index is 13.1. The number of carbonyl (C=O) groups is 1. The van der Waals surface area contributed by atoms with Crippen LogP contribution in [0.2, 0.25) is 10.0 Å². The standard InChI is InChI=1S/C20H16Cl2FN3O2/c21-15-8-14(9-16(22)10-15)20(27)26-7-1-2-13(11-26)19-24-18(25-28-19)12-3-5-17(23)6-4-12/h3-6,8-10,13H,1-2,7,11H2. The van der Waals surface area contributed by atoms with E-state index in [1.807, 2.05) is 0 Å². The molecule has 3 aromatic rings. The molecule has 1 aromatic heterocycles. The molecule has 0 radical (unpaired) electrons. The fourth-order valence-corrected chi connectivity index (χ4v) is 3.87. The molecule has 1 unspecified atom stereocenters. The summed E-state index contributed by atoms with van der Waals surface area (Å²) >= 11 is 12.0. The van der Waals surface area contributed by atoms with E-state index in [1.54, 1.807) is 35.2 Å². The molecule has 1 atom stereocenters. The van der Waals surface area contributed by atoms with Gasteiger partial charge in [-0.25, -0.2) is 4.39 Å². The van der Waals surface area contributed by atoms with Gasteiger partial charge in [0, 0.05) is 34.3 Å². The predicted octanol–water partition coefficient (Wildman–Crippen LogP) is 5.20. The van der Waals surface area contributed by atoms with Gasteiger partial charge in [-0.1, -0.05) is 28.4 Å². The number of carbonyl (C=O) groups excluding carboxylic acids is 1. The smallest absolute Gasteiger partial charge is 0.253 e. The van der Waals surface area contributed by atoms with Crippen molar-refractivity contribution in [3.05, 3.63) is 69.8 Å². The Morgan fingerprint density at radius 2 is 1.86 bits per heavy atom. The first-order valence-electron chi connectivity index (χ1n) is 8.84. The van der Waals surface area contributed by atoms with Crippen LogP contribution >= 0.6 is 23.2 Å². The van der Waals surface area contributed by atoms with Crippen LogP contribution in [-0.2, 0) is 0 Å². The molecule has 1 aliphatic heterocycles. The number of benzene rings is 2. The minimum Gasteiger partial charge on any atom is -0.339 e. The summed E-state index contributed by atoms with van der Waals surface area (Å²) in [6.45, 7) is 1.10. The molecule has 1 fully saturated rings. The van der Waals surface area contributed by atoms with Gasteiger partial charge < -0.3 is 9.42 Å². The van der Waals surface area contributed by atoms with Gasteiger partial charge in [-0.15, -0.1) is 0 Å². The highest BCUT2D eigenvalue weighted by atomic mass is 35.5. The highest BCUT2D eigenvalue weighted by Crippen LogP contribution is 2.29. The molecular weight excluding hydrogens is 404 g/mol. The van der Waals surface area contributed by atoms with Crippen molar-refractivity contribution in [2.24, 2.45) is 0 Å². The van der Waals surface area contributed by atoms with E-state index in [2.05, 4.69) is 10.1 Å². The van der Waals surface area contributed by atoms with E-state index in [0.717, 1.165) is 12.8 Å². The molecule has 0 bridgehead atoms. The third-order valence-electron chi connectivity index (χ3n) is 4.71. The maximum Gasteiger partial charge on any atom is 0.253 e. The molecule has 144 valence electrons. The summed E-state index contributed by atoms with van der Waals surface area (Å²) < 4.78 is 18.5. The first kappa shape index (κ1) is 18.9. The van der Waals surface area contributed by atoms with Crippen LogP contribution in [0.5, 0.6) is 0 Å². The first-order valence-corrected chi connectivity index (χ1v) is 9.60. The van der Waals surface area contributed by atoms with Crippen LogP contribution in [0, 0.1) is 5.82 Å². The van der Waals surface area contributed by atoms with E-state index in [4.69, 9.17) is 27.7 Å². The van der Waals surface area contributed by atoms with Crippen LogP contribution in [0.4, 0.5) is 4.39 Å². The average molecular weight is 420 g/mol. The molecule has 1 saturated heterocycles. The maximum absolute atomic E-state index is 13.1. The number of hydrogen-bond acceptors (Lipinski definition) is 4. The fraction of sp³-hybridized carbons (Fsp3) is 0.250. The third kappa shape index (κ3) is 4.03. The monoisotopic (exact) mass is 419 g/mol. The SMILES string of the molecule is O=C(c1cc(Cl)cc(Cl)c1)N1CCCC(c2nc(-c3ccc(F)cc3)no2)C1. The van der Waals surface area contributed by atoms with Gasteiger partial charge in [-0.2, -0.15) is 4.98 Å². The Morgan fingerprint density at radius 1 is 1.14 bits per heavy atom. The van der Waals surface area contributed by atoms with Crippen molar-refractivity contribution >= 4 is 29.1 Å². The minimum atomic E-state index is -0.324. The summed E-state index contributed by atoms with van der Waals surface area (Å²) in [6, 6.07) is 10.7. The molecule has 4 rings (SSSR count). The van der Waals surface area contributed by atoms with E-state index < -0.39 is 0 Å². The van der Waals surface area contributed by atoms with Gasteiger partial charge in [0.1, 0.15) is 5.82 Å². The Kier molecular flexibility index (Phi) is 5.33. The lowest BCUT2D eigenvalue weighted by Gasteiger charge is -2.31. The van der Waals surface area contributed by atoms with Crippen LogP contribution in [-0.4, -0.2) is 34.0 Å². The van der Waals surface area contributed by atoms with Crippen molar-refractivity contribution < 1.29 is 13.7 Å². The number of hydrogen-bond donors (Lipinski definition) is 0. The predicted molar refractivity (Wildman–Crippen MR) is 104 cm³/mol. The number of piperidine rings is 1. The van der Waals surface area contributed by atoms with E-state index in [9.17, 15) is 9.18 Å². The van der Waals surface area contributed by atoms with Crippen molar-refractivity contribution in [1.29, 1.82) is 0 Å². The van der Waals surface area contributed by atoms with Gasteiger partial charge in [0.25, 0.3) is 5.91 Å². The van der Waals surface area contributed by atoms with Gasteiger partial charge in [0.2, 0.25) is 11.7 Å². The van der Waals surface area contributed by atoms with Crippen molar-refractivity contribution in [2.45, 2.75) is 18.8 Å². The number of likely N-dealkylation sites (tertiary alicyclic amines) is 1. The molecule has 2 heterocycles.